The second kappa shape index (κ2) is 8.45. The molecule has 5 nitrogen and oxygen atoms in total. The fraction of sp³-hybridized carbons (Fsp3) is 0.474. The topological polar surface area (TPSA) is 48.5 Å². The van der Waals surface area contributed by atoms with Crippen molar-refractivity contribution in [2.24, 2.45) is 5.92 Å². The molecule has 1 aliphatic rings. The van der Waals surface area contributed by atoms with Gasteiger partial charge >= 0.3 is 6.03 Å². The van der Waals surface area contributed by atoms with Crippen LogP contribution in [0.1, 0.15) is 22.6 Å². The van der Waals surface area contributed by atoms with Gasteiger partial charge in [-0.15, -0.1) is 11.3 Å². The monoisotopic (exact) mass is 358 g/mol. The van der Waals surface area contributed by atoms with Crippen LogP contribution in [0.3, 0.4) is 0 Å². The number of hydrogen-bond donors (Lipinski definition) is 1. The molecule has 0 radical (unpaired) electrons. The van der Waals surface area contributed by atoms with Crippen LogP contribution < -0.4 is 5.32 Å². The van der Waals surface area contributed by atoms with Crippen molar-refractivity contribution in [3.05, 3.63) is 52.0 Å². The summed E-state index contributed by atoms with van der Waals surface area (Å²) in [5, 5.41) is 3.03. The first kappa shape index (κ1) is 17.9. The van der Waals surface area contributed by atoms with Crippen LogP contribution in [0.25, 0.3) is 0 Å². The van der Waals surface area contributed by atoms with Gasteiger partial charge in [0.25, 0.3) is 0 Å². The van der Waals surface area contributed by atoms with E-state index >= 15 is 0 Å². The molecule has 0 saturated carbocycles. The van der Waals surface area contributed by atoms with Gasteiger partial charge in [0.15, 0.2) is 0 Å². The average Bonchev–Trinajstić information content (AvgIpc) is 3.23. The summed E-state index contributed by atoms with van der Waals surface area (Å²) in [5.41, 5.74) is 4.17. The minimum atomic E-state index is 0.0484. The summed E-state index contributed by atoms with van der Waals surface area (Å²) in [6.45, 7) is 6.29. The van der Waals surface area contributed by atoms with Crippen LogP contribution in [0.2, 0.25) is 0 Å². The predicted octanol–water partition coefficient (Wildman–Crippen LogP) is 3.12. The third kappa shape index (κ3) is 5.03. The summed E-state index contributed by atoms with van der Waals surface area (Å²) in [6, 6.07) is 10.1. The Morgan fingerprint density at radius 3 is 2.92 bits per heavy atom. The third-order valence-corrected chi connectivity index (χ3v) is 5.61. The molecule has 1 N–H and O–H groups in total. The molecule has 1 aromatic heterocycles. The number of thiazole rings is 1. The van der Waals surface area contributed by atoms with Crippen molar-refractivity contribution in [3.63, 3.8) is 0 Å². The molecule has 0 bridgehead atoms. The average molecular weight is 359 g/mol. The number of hydrogen-bond acceptors (Lipinski definition) is 4. The molecule has 1 saturated heterocycles. The van der Waals surface area contributed by atoms with Gasteiger partial charge in [0.1, 0.15) is 0 Å². The van der Waals surface area contributed by atoms with E-state index in [0.29, 0.717) is 12.5 Å². The van der Waals surface area contributed by atoms with Gasteiger partial charge in [-0.3, -0.25) is 0 Å². The second-order valence-electron chi connectivity index (χ2n) is 6.80. The molecule has 0 spiro atoms. The van der Waals surface area contributed by atoms with Crippen LogP contribution in [-0.4, -0.2) is 47.5 Å². The smallest absolute Gasteiger partial charge is 0.317 e. The Morgan fingerprint density at radius 2 is 2.20 bits per heavy atom. The Hall–Kier alpha value is -1.92. The van der Waals surface area contributed by atoms with Crippen LogP contribution in [0.4, 0.5) is 4.79 Å². The summed E-state index contributed by atoms with van der Waals surface area (Å²) >= 11 is 1.72. The molecular weight excluding hydrogens is 332 g/mol. The molecule has 134 valence electrons. The second-order valence-corrected chi connectivity index (χ2v) is 7.74. The van der Waals surface area contributed by atoms with Crippen molar-refractivity contribution in [2.45, 2.75) is 26.4 Å². The fourth-order valence-corrected chi connectivity index (χ4v) is 4.14. The first-order chi connectivity index (χ1) is 12.1. The number of amides is 2. The quantitative estimate of drug-likeness (QED) is 0.863. The lowest BCUT2D eigenvalue weighted by Crippen LogP contribution is -2.38. The van der Waals surface area contributed by atoms with E-state index in [1.165, 1.54) is 4.88 Å². The van der Waals surface area contributed by atoms with Gasteiger partial charge in [0.05, 0.1) is 11.2 Å². The summed E-state index contributed by atoms with van der Waals surface area (Å²) in [4.78, 5) is 22.3. The molecule has 25 heavy (non-hydrogen) atoms. The van der Waals surface area contributed by atoms with E-state index in [-0.39, 0.29) is 6.03 Å². The molecular formula is C19H26N4OS. The van der Waals surface area contributed by atoms with Crippen molar-refractivity contribution >= 4 is 17.4 Å². The van der Waals surface area contributed by atoms with E-state index in [4.69, 9.17) is 0 Å². The van der Waals surface area contributed by atoms with E-state index < -0.39 is 0 Å². The highest BCUT2D eigenvalue weighted by Crippen LogP contribution is 2.20. The molecule has 2 aromatic rings. The largest absolute Gasteiger partial charge is 0.334 e. The van der Waals surface area contributed by atoms with Crippen LogP contribution >= 0.6 is 11.3 Å². The lowest BCUT2D eigenvalue weighted by atomic mass is 10.1. The van der Waals surface area contributed by atoms with Gasteiger partial charge in [-0.1, -0.05) is 30.3 Å². The van der Waals surface area contributed by atoms with Crippen LogP contribution in [-0.2, 0) is 13.1 Å². The van der Waals surface area contributed by atoms with Gasteiger partial charge in [0, 0.05) is 37.6 Å². The maximum Gasteiger partial charge on any atom is 0.317 e. The minimum Gasteiger partial charge on any atom is -0.334 e. The predicted molar refractivity (Wildman–Crippen MR) is 102 cm³/mol. The Kier molecular flexibility index (Phi) is 6.04. The number of carbonyl (C=O) groups is 1. The van der Waals surface area contributed by atoms with E-state index in [1.807, 2.05) is 40.7 Å². The van der Waals surface area contributed by atoms with Gasteiger partial charge in [-0.25, -0.2) is 9.78 Å². The van der Waals surface area contributed by atoms with Crippen LogP contribution in [0.15, 0.2) is 35.8 Å². The van der Waals surface area contributed by atoms with Crippen molar-refractivity contribution in [2.75, 3.05) is 26.7 Å². The highest BCUT2D eigenvalue weighted by Gasteiger charge is 2.27. The van der Waals surface area contributed by atoms with E-state index in [2.05, 4.69) is 29.2 Å². The SMILES string of the molecule is Cc1ncsc1CN(C)C[C@H]1CCN(C(=O)NCc2ccccc2)C1. The molecule has 6 heteroatoms. The van der Waals surface area contributed by atoms with Gasteiger partial charge in [0.2, 0.25) is 0 Å². The number of nitrogens with zero attached hydrogens (tertiary/aromatic N) is 3. The number of benzene rings is 1. The van der Waals surface area contributed by atoms with Gasteiger partial charge in [-0.05, 0) is 31.9 Å². The molecule has 0 aliphatic carbocycles. The number of urea groups is 1. The van der Waals surface area contributed by atoms with E-state index in [9.17, 15) is 4.79 Å². The van der Waals surface area contributed by atoms with Crippen LogP contribution in [0, 0.1) is 12.8 Å². The number of aryl methyl sites for hydroxylation is 1. The van der Waals surface area contributed by atoms with Crippen molar-refractivity contribution in [1.82, 2.24) is 20.1 Å². The molecule has 1 aliphatic heterocycles. The molecule has 0 unspecified atom stereocenters. The summed E-state index contributed by atoms with van der Waals surface area (Å²) < 4.78 is 0. The highest BCUT2D eigenvalue weighted by molar-refractivity contribution is 7.09. The Morgan fingerprint density at radius 1 is 1.40 bits per heavy atom. The molecule has 2 heterocycles. The molecule has 2 amide bonds. The van der Waals surface area contributed by atoms with Crippen LogP contribution in [0.5, 0.6) is 0 Å². The Balaban J connectivity index is 1.41. The molecule has 1 aromatic carbocycles. The molecule has 1 atom stereocenters. The zero-order valence-corrected chi connectivity index (χ0v) is 15.8. The third-order valence-electron chi connectivity index (χ3n) is 4.69. The maximum absolute atomic E-state index is 12.3. The standard InChI is InChI=1S/C19H26N4OS/c1-15-18(25-14-21-15)13-22(2)11-17-8-9-23(12-17)19(24)20-10-16-6-4-3-5-7-16/h3-7,14,17H,8-13H2,1-2H3,(H,20,24)/t17-/m1/s1. The lowest BCUT2D eigenvalue weighted by molar-refractivity contribution is 0.203. The summed E-state index contributed by atoms with van der Waals surface area (Å²) in [7, 11) is 2.15. The number of nitrogens with one attached hydrogen (secondary N) is 1. The Bertz CT molecular complexity index is 688. The molecule has 1 fully saturated rings. The summed E-state index contributed by atoms with van der Waals surface area (Å²) in [6.07, 6.45) is 1.07. The van der Waals surface area contributed by atoms with Crippen molar-refractivity contribution in [1.29, 1.82) is 0 Å². The number of carbonyl (C=O) groups excluding carboxylic acids is 1. The number of aromatic nitrogens is 1. The molecule has 3 rings (SSSR count). The minimum absolute atomic E-state index is 0.0484. The normalized spacial score (nSPS) is 17.2. The van der Waals surface area contributed by atoms with Gasteiger partial charge in [-0.2, -0.15) is 0 Å². The van der Waals surface area contributed by atoms with E-state index in [0.717, 1.165) is 43.9 Å². The van der Waals surface area contributed by atoms with Gasteiger partial charge < -0.3 is 15.1 Å². The zero-order valence-electron chi connectivity index (χ0n) is 14.9. The first-order valence-electron chi connectivity index (χ1n) is 8.76. The Labute approximate surface area is 153 Å². The highest BCUT2D eigenvalue weighted by atomic mass is 32.1. The van der Waals surface area contributed by atoms with Crippen molar-refractivity contribution in [3.8, 4) is 0 Å². The zero-order chi connectivity index (χ0) is 17.6. The van der Waals surface area contributed by atoms with E-state index in [1.54, 1.807) is 11.3 Å². The fourth-order valence-electron chi connectivity index (χ4n) is 3.28. The lowest BCUT2D eigenvalue weighted by Gasteiger charge is -2.21. The first-order valence-corrected chi connectivity index (χ1v) is 9.64. The maximum atomic E-state index is 12.3. The summed E-state index contributed by atoms with van der Waals surface area (Å²) in [5.74, 6) is 0.542. The number of likely N-dealkylation sites (tertiary alicyclic amines) is 1. The van der Waals surface area contributed by atoms with Crippen molar-refractivity contribution < 1.29 is 4.79 Å². The number of rotatable bonds is 6.